The second-order valence-electron chi connectivity index (χ2n) is 5.03. The molecule has 0 amide bonds. The van der Waals surface area contributed by atoms with Crippen molar-refractivity contribution in [2.24, 2.45) is 0 Å². The Balaban J connectivity index is 2.54. The number of fused-ring (bicyclic) bond motifs is 2. The summed E-state index contributed by atoms with van der Waals surface area (Å²) in [7, 11) is 0. The van der Waals surface area contributed by atoms with Crippen molar-refractivity contribution in [3.8, 4) is 0 Å². The Labute approximate surface area is 108 Å². The third-order valence-electron chi connectivity index (χ3n) is 4.04. The molecule has 0 aliphatic carbocycles. The van der Waals surface area contributed by atoms with Crippen LogP contribution >= 0.6 is 0 Å². The van der Waals surface area contributed by atoms with Gasteiger partial charge in [0, 0.05) is 0 Å². The predicted molar refractivity (Wildman–Crippen MR) is 80.3 cm³/mol. The molecule has 0 aromatic heterocycles. The first kappa shape index (κ1) is 11.3. The molecule has 0 atom stereocenters. The second kappa shape index (κ2) is 4.13. The lowest BCUT2D eigenvalue weighted by Crippen LogP contribution is -1.89. The molecule has 0 aliphatic rings. The highest BCUT2D eigenvalue weighted by atomic mass is 14.1. The maximum Gasteiger partial charge on any atom is -0.0143 e. The minimum absolute atomic E-state index is 1.10. The smallest absolute Gasteiger partial charge is 0.0143 e. The van der Waals surface area contributed by atoms with Gasteiger partial charge in [-0.3, -0.25) is 0 Å². The molecule has 0 saturated carbocycles. The van der Waals surface area contributed by atoms with E-state index >= 15 is 0 Å². The van der Waals surface area contributed by atoms with Gasteiger partial charge in [-0.2, -0.15) is 0 Å². The van der Waals surface area contributed by atoms with Crippen molar-refractivity contribution in [2.45, 2.75) is 27.2 Å². The van der Waals surface area contributed by atoms with Crippen LogP contribution in [0.1, 0.15) is 23.6 Å². The molecular weight excluding hydrogens is 216 g/mol. The third-order valence-corrected chi connectivity index (χ3v) is 4.04. The molecule has 0 N–H and O–H groups in total. The second-order valence-corrected chi connectivity index (χ2v) is 5.03. The van der Waals surface area contributed by atoms with Crippen LogP contribution in [-0.2, 0) is 6.42 Å². The van der Waals surface area contributed by atoms with Gasteiger partial charge in [-0.15, -0.1) is 0 Å². The summed E-state index contributed by atoms with van der Waals surface area (Å²) in [5.74, 6) is 0. The zero-order valence-corrected chi connectivity index (χ0v) is 11.2. The SMILES string of the molecule is CCc1ccc2c(C)c3ccccc3c(C)c2c1. The molecule has 0 saturated heterocycles. The van der Waals surface area contributed by atoms with E-state index in [-0.39, 0.29) is 0 Å². The highest BCUT2D eigenvalue weighted by Gasteiger charge is 2.08. The lowest BCUT2D eigenvalue weighted by atomic mass is 9.92. The number of benzene rings is 3. The number of aryl methyl sites for hydroxylation is 3. The van der Waals surface area contributed by atoms with E-state index in [1.54, 1.807) is 0 Å². The Morgan fingerprint density at radius 2 is 1.28 bits per heavy atom. The first-order valence-corrected chi connectivity index (χ1v) is 6.63. The summed E-state index contributed by atoms with van der Waals surface area (Å²) >= 11 is 0. The summed E-state index contributed by atoms with van der Waals surface area (Å²) < 4.78 is 0. The van der Waals surface area contributed by atoms with Gasteiger partial charge in [0.1, 0.15) is 0 Å². The Bertz CT molecular complexity index is 736. The van der Waals surface area contributed by atoms with Crippen LogP contribution in [0.2, 0.25) is 0 Å². The lowest BCUT2D eigenvalue weighted by molar-refractivity contribution is 1.15. The van der Waals surface area contributed by atoms with Crippen LogP contribution in [0.4, 0.5) is 0 Å². The normalized spacial score (nSPS) is 11.3. The van der Waals surface area contributed by atoms with Gasteiger partial charge in [-0.25, -0.2) is 0 Å². The quantitative estimate of drug-likeness (QED) is 0.509. The van der Waals surface area contributed by atoms with E-state index in [9.17, 15) is 0 Å². The van der Waals surface area contributed by atoms with Crippen molar-refractivity contribution in [2.75, 3.05) is 0 Å². The third kappa shape index (κ3) is 1.53. The van der Waals surface area contributed by atoms with Gasteiger partial charge in [0.2, 0.25) is 0 Å². The van der Waals surface area contributed by atoms with E-state index in [4.69, 9.17) is 0 Å². The van der Waals surface area contributed by atoms with Crippen molar-refractivity contribution >= 4 is 21.5 Å². The fraction of sp³-hybridized carbons (Fsp3) is 0.222. The molecule has 0 fully saturated rings. The topological polar surface area (TPSA) is 0 Å². The molecule has 0 heteroatoms. The zero-order chi connectivity index (χ0) is 12.7. The van der Waals surface area contributed by atoms with E-state index in [2.05, 4.69) is 63.2 Å². The molecule has 3 aromatic carbocycles. The first-order chi connectivity index (χ1) is 8.72. The standard InChI is InChI=1S/C18H18/c1-4-14-9-10-17-12(2)15-7-5-6-8-16(15)13(3)18(17)11-14/h5-11H,4H2,1-3H3. The van der Waals surface area contributed by atoms with Gasteiger partial charge in [0.25, 0.3) is 0 Å². The number of hydrogen-bond donors (Lipinski definition) is 0. The van der Waals surface area contributed by atoms with Crippen LogP contribution in [0.15, 0.2) is 42.5 Å². The predicted octanol–water partition coefficient (Wildman–Crippen LogP) is 5.17. The Morgan fingerprint density at radius 3 is 1.89 bits per heavy atom. The van der Waals surface area contributed by atoms with Crippen LogP contribution < -0.4 is 0 Å². The fourth-order valence-corrected chi connectivity index (χ4v) is 2.88. The van der Waals surface area contributed by atoms with E-state index in [0.29, 0.717) is 0 Å². The summed E-state index contributed by atoms with van der Waals surface area (Å²) in [5, 5.41) is 5.57. The van der Waals surface area contributed by atoms with E-state index in [0.717, 1.165) is 6.42 Å². The van der Waals surface area contributed by atoms with Crippen LogP contribution in [-0.4, -0.2) is 0 Å². The minimum Gasteiger partial charge on any atom is -0.0616 e. The number of hydrogen-bond acceptors (Lipinski definition) is 0. The van der Waals surface area contributed by atoms with Crippen LogP contribution in [0.25, 0.3) is 21.5 Å². The molecule has 18 heavy (non-hydrogen) atoms. The fourth-order valence-electron chi connectivity index (χ4n) is 2.88. The molecule has 0 aliphatic heterocycles. The van der Waals surface area contributed by atoms with Crippen LogP contribution in [0.3, 0.4) is 0 Å². The molecule has 0 heterocycles. The first-order valence-electron chi connectivity index (χ1n) is 6.63. The molecule has 0 bridgehead atoms. The Hall–Kier alpha value is -1.82. The summed E-state index contributed by atoms with van der Waals surface area (Å²) in [6, 6.07) is 15.6. The van der Waals surface area contributed by atoms with Crippen molar-refractivity contribution in [3.63, 3.8) is 0 Å². The Morgan fingerprint density at radius 1 is 0.722 bits per heavy atom. The van der Waals surface area contributed by atoms with Gasteiger partial charge in [-0.1, -0.05) is 49.4 Å². The molecule has 0 unspecified atom stereocenters. The highest BCUT2D eigenvalue weighted by molar-refractivity contribution is 6.05. The maximum atomic E-state index is 2.35. The highest BCUT2D eigenvalue weighted by Crippen LogP contribution is 2.32. The maximum absolute atomic E-state index is 2.35. The van der Waals surface area contributed by atoms with Gasteiger partial charge < -0.3 is 0 Å². The van der Waals surface area contributed by atoms with Crippen molar-refractivity contribution < 1.29 is 0 Å². The van der Waals surface area contributed by atoms with Crippen LogP contribution in [0.5, 0.6) is 0 Å². The zero-order valence-electron chi connectivity index (χ0n) is 11.2. The average Bonchev–Trinajstić information content (AvgIpc) is 2.44. The summed E-state index contributed by atoms with van der Waals surface area (Å²) in [4.78, 5) is 0. The summed E-state index contributed by atoms with van der Waals surface area (Å²) in [6.45, 7) is 6.68. The largest absolute Gasteiger partial charge is 0.0616 e. The van der Waals surface area contributed by atoms with Gasteiger partial charge in [0.05, 0.1) is 0 Å². The molecule has 90 valence electrons. The molecule has 0 spiro atoms. The summed E-state index contributed by atoms with van der Waals surface area (Å²) in [6.07, 6.45) is 1.10. The monoisotopic (exact) mass is 234 g/mol. The van der Waals surface area contributed by atoms with Crippen molar-refractivity contribution in [1.82, 2.24) is 0 Å². The average molecular weight is 234 g/mol. The van der Waals surface area contributed by atoms with Crippen molar-refractivity contribution in [1.29, 1.82) is 0 Å². The number of rotatable bonds is 1. The minimum atomic E-state index is 1.10. The lowest BCUT2D eigenvalue weighted by Gasteiger charge is -2.12. The van der Waals surface area contributed by atoms with Crippen molar-refractivity contribution in [3.05, 3.63) is 59.2 Å². The van der Waals surface area contributed by atoms with Gasteiger partial charge in [-0.05, 0) is 58.5 Å². The van der Waals surface area contributed by atoms with Gasteiger partial charge in [0.15, 0.2) is 0 Å². The van der Waals surface area contributed by atoms with E-state index in [1.807, 2.05) is 0 Å². The molecular formula is C18H18. The van der Waals surface area contributed by atoms with Crippen LogP contribution in [0, 0.1) is 13.8 Å². The molecule has 0 nitrogen and oxygen atoms in total. The van der Waals surface area contributed by atoms with E-state index in [1.165, 1.54) is 38.2 Å². The summed E-state index contributed by atoms with van der Waals surface area (Å²) in [5.41, 5.74) is 4.22. The van der Waals surface area contributed by atoms with Gasteiger partial charge >= 0.3 is 0 Å². The molecule has 3 aromatic rings. The molecule has 0 radical (unpaired) electrons. The molecule has 3 rings (SSSR count). The Kier molecular flexibility index (Phi) is 2.59. The van der Waals surface area contributed by atoms with E-state index < -0.39 is 0 Å².